The molecule has 0 unspecified atom stereocenters. The third kappa shape index (κ3) is 3.56. The second-order valence-corrected chi connectivity index (χ2v) is 6.03. The molecule has 23 heavy (non-hydrogen) atoms. The number of hydrogen-bond donors (Lipinski definition) is 1. The van der Waals surface area contributed by atoms with E-state index in [0.717, 1.165) is 21.2 Å². The first-order chi connectivity index (χ1) is 11.2. The van der Waals surface area contributed by atoms with Gasteiger partial charge in [0.15, 0.2) is 5.76 Å². The van der Waals surface area contributed by atoms with E-state index in [-0.39, 0.29) is 5.91 Å². The predicted molar refractivity (Wildman–Crippen MR) is 92.9 cm³/mol. The zero-order valence-electron chi connectivity index (χ0n) is 12.6. The highest BCUT2D eigenvalue weighted by molar-refractivity contribution is 9.10. The standard InChI is InChI=1S/C18H16BrNO3/c1-22-15-5-3-2-4-12(15)8-9-20-18(21)17-10-13-6-7-14(19)11-16(13)23-17/h2-7,10-11H,8-9H2,1H3,(H,20,21). The fraction of sp³-hybridized carbons (Fsp3) is 0.167. The molecule has 0 aliphatic heterocycles. The van der Waals surface area contributed by atoms with E-state index in [1.807, 2.05) is 42.5 Å². The van der Waals surface area contributed by atoms with Crippen molar-refractivity contribution in [2.75, 3.05) is 13.7 Å². The van der Waals surface area contributed by atoms with Crippen LogP contribution in [-0.2, 0) is 6.42 Å². The van der Waals surface area contributed by atoms with E-state index in [1.54, 1.807) is 13.2 Å². The van der Waals surface area contributed by atoms with Crippen LogP contribution >= 0.6 is 15.9 Å². The smallest absolute Gasteiger partial charge is 0.287 e. The van der Waals surface area contributed by atoms with Crippen molar-refractivity contribution in [3.8, 4) is 5.75 Å². The third-order valence-electron chi connectivity index (χ3n) is 3.58. The van der Waals surface area contributed by atoms with Gasteiger partial charge in [-0.25, -0.2) is 0 Å². The van der Waals surface area contributed by atoms with E-state index in [4.69, 9.17) is 9.15 Å². The molecule has 0 bridgehead atoms. The van der Waals surface area contributed by atoms with Gasteiger partial charge in [-0.2, -0.15) is 0 Å². The summed E-state index contributed by atoms with van der Waals surface area (Å²) in [5.74, 6) is 0.931. The SMILES string of the molecule is COc1ccccc1CCNC(=O)c1cc2ccc(Br)cc2o1. The van der Waals surface area contributed by atoms with E-state index < -0.39 is 0 Å². The van der Waals surface area contributed by atoms with Gasteiger partial charge in [0, 0.05) is 16.4 Å². The molecule has 3 aromatic rings. The number of ether oxygens (including phenoxy) is 1. The molecule has 0 fully saturated rings. The van der Waals surface area contributed by atoms with Crippen LogP contribution < -0.4 is 10.1 Å². The zero-order valence-corrected chi connectivity index (χ0v) is 14.2. The Morgan fingerprint density at radius 3 is 2.87 bits per heavy atom. The van der Waals surface area contributed by atoms with Crippen LogP contribution in [0.15, 0.2) is 57.4 Å². The van der Waals surface area contributed by atoms with E-state index in [1.165, 1.54) is 0 Å². The van der Waals surface area contributed by atoms with Crippen molar-refractivity contribution in [1.82, 2.24) is 5.32 Å². The summed E-state index contributed by atoms with van der Waals surface area (Å²) in [4.78, 5) is 12.2. The Morgan fingerprint density at radius 2 is 2.04 bits per heavy atom. The molecule has 0 aliphatic carbocycles. The highest BCUT2D eigenvalue weighted by Gasteiger charge is 2.12. The number of methoxy groups -OCH3 is 1. The highest BCUT2D eigenvalue weighted by atomic mass is 79.9. The summed E-state index contributed by atoms with van der Waals surface area (Å²) in [6.07, 6.45) is 0.696. The monoisotopic (exact) mass is 373 g/mol. The van der Waals surface area contributed by atoms with Crippen molar-refractivity contribution in [2.24, 2.45) is 0 Å². The van der Waals surface area contributed by atoms with Gasteiger partial charge in [0.1, 0.15) is 11.3 Å². The number of halogens is 1. The predicted octanol–water partition coefficient (Wildman–Crippen LogP) is 4.18. The minimum Gasteiger partial charge on any atom is -0.496 e. The fourth-order valence-corrected chi connectivity index (χ4v) is 2.76. The van der Waals surface area contributed by atoms with Crippen LogP contribution in [-0.4, -0.2) is 19.6 Å². The normalized spacial score (nSPS) is 10.7. The maximum atomic E-state index is 12.2. The van der Waals surface area contributed by atoms with Crippen LogP contribution in [0.4, 0.5) is 0 Å². The van der Waals surface area contributed by atoms with Crippen molar-refractivity contribution in [2.45, 2.75) is 6.42 Å². The number of rotatable bonds is 5. The van der Waals surface area contributed by atoms with Gasteiger partial charge >= 0.3 is 0 Å². The number of benzene rings is 2. The summed E-state index contributed by atoms with van der Waals surface area (Å²) in [6, 6.07) is 15.2. The molecule has 1 N–H and O–H groups in total. The first-order valence-electron chi connectivity index (χ1n) is 7.26. The Hall–Kier alpha value is -2.27. The molecule has 1 heterocycles. The number of fused-ring (bicyclic) bond motifs is 1. The van der Waals surface area contributed by atoms with Crippen molar-refractivity contribution in [3.63, 3.8) is 0 Å². The van der Waals surface area contributed by atoms with Crippen LogP contribution in [0.2, 0.25) is 0 Å². The molecule has 118 valence electrons. The highest BCUT2D eigenvalue weighted by Crippen LogP contribution is 2.23. The van der Waals surface area contributed by atoms with Crippen LogP contribution in [0.3, 0.4) is 0 Å². The number of amides is 1. The molecular weight excluding hydrogens is 358 g/mol. The van der Waals surface area contributed by atoms with E-state index in [9.17, 15) is 4.79 Å². The Morgan fingerprint density at radius 1 is 1.22 bits per heavy atom. The largest absolute Gasteiger partial charge is 0.496 e. The lowest BCUT2D eigenvalue weighted by atomic mass is 10.1. The van der Waals surface area contributed by atoms with Gasteiger partial charge in [-0.05, 0) is 42.3 Å². The topological polar surface area (TPSA) is 51.5 Å². The molecular formula is C18H16BrNO3. The molecule has 1 amide bonds. The lowest BCUT2D eigenvalue weighted by Crippen LogP contribution is -2.25. The second kappa shape index (κ2) is 6.87. The van der Waals surface area contributed by atoms with Gasteiger partial charge in [0.25, 0.3) is 5.91 Å². The Balaban J connectivity index is 1.64. The molecule has 0 saturated carbocycles. The van der Waals surface area contributed by atoms with E-state index >= 15 is 0 Å². The summed E-state index contributed by atoms with van der Waals surface area (Å²) in [5, 5.41) is 3.78. The van der Waals surface area contributed by atoms with Gasteiger partial charge < -0.3 is 14.5 Å². The van der Waals surface area contributed by atoms with Gasteiger partial charge in [-0.15, -0.1) is 0 Å². The number of furan rings is 1. The number of carbonyl (C=O) groups excluding carboxylic acids is 1. The second-order valence-electron chi connectivity index (χ2n) is 5.11. The molecule has 0 saturated heterocycles. The minimum absolute atomic E-state index is 0.216. The molecule has 0 aliphatic rings. The maximum Gasteiger partial charge on any atom is 0.287 e. The van der Waals surface area contributed by atoms with Crippen LogP contribution in [0, 0.1) is 0 Å². The summed E-state index contributed by atoms with van der Waals surface area (Å²) in [5.41, 5.74) is 1.75. The van der Waals surface area contributed by atoms with Crippen LogP contribution in [0.5, 0.6) is 5.75 Å². The van der Waals surface area contributed by atoms with Gasteiger partial charge in [0.2, 0.25) is 0 Å². The molecule has 0 atom stereocenters. The van der Waals surface area contributed by atoms with Crippen molar-refractivity contribution < 1.29 is 13.9 Å². The van der Waals surface area contributed by atoms with Crippen molar-refractivity contribution in [1.29, 1.82) is 0 Å². The lowest BCUT2D eigenvalue weighted by Gasteiger charge is -2.08. The van der Waals surface area contributed by atoms with Crippen LogP contribution in [0.1, 0.15) is 16.1 Å². The Bertz CT molecular complexity index is 841. The summed E-state index contributed by atoms with van der Waals surface area (Å²) < 4.78 is 11.8. The Labute approximate surface area is 142 Å². The average molecular weight is 374 g/mol. The summed E-state index contributed by atoms with van der Waals surface area (Å²) in [6.45, 7) is 0.514. The lowest BCUT2D eigenvalue weighted by molar-refractivity contribution is 0.0928. The molecule has 3 rings (SSSR count). The first kappa shape index (κ1) is 15.6. The molecule has 4 nitrogen and oxygen atoms in total. The zero-order chi connectivity index (χ0) is 16.2. The first-order valence-corrected chi connectivity index (χ1v) is 8.06. The van der Waals surface area contributed by atoms with E-state index in [2.05, 4.69) is 21.2 Å². The maximum absolute atomic E-state index is 12.2. The number of hydrogen-bond acceptors (Lipinski definition) is 3. The fourth-order valence-electron chi connectivity index (χ4n) is 2.42. The van der Waals surface area contributed by atoms with Gasteiger partial charge in [0.05, 0.1) is 7.11 Å². The summed E-state index contributed by atoms with van der Waals surface area (Å²) in [7, 11) is 1.64. The van der Waals surface area contributed by atoms with Crippen molar-refractivity contribution >= 4 is 32.8 Å². The Kier molecular flexibility index (Phi) is 4.67. The van der Waals surface area contributed by atoms with E-state index in [0.29, 0.717) is 24.3 Å². The summed E-state index contributed by atoms with van der Waals surface area (Å²) >= 11 is 3.39. The quantitative estimate of drug-likeness (QED) is 0.729. The third-order valence-corrected chi connectivity index (χ3v) is 4.07. The molecule has 1 aromatic heterocycles. The molecule has 5 heteroatoms. The molecule has 2 aromatic carbocycles. The minimum atomic E-state index is -0.216. The molecule has 0 spiro atoms. The average Bonchev–Trinajstić information content (AvgIpc) is 2.98. The van der Waals surface area contributed by atoms with Crippen molar-refractivity contribution in [3.05, 3.63) is 64.3 Å². The van der Waals surface area contributed by atoms with Gasteiger partial charge in [-0.3, -0.25) is 4.79 Å². The molecule has 0 radical (unpaired) electrons. The number of carbonyl (C=O) groups is 1. The van der Waals surface area contributed by atoms with Crippen LogP contribution in [0.25, 0.3) is 11.0 Å². The number of nitrogens with one attached hydrogen (secondary N) is 1. The number of para-hydroxylation sites is 1. The van der Waals surface area contributed by atoms with Gasteiger partial charge in [-0.1, -0.05) is 34.1 Å².